The third-order valence-corrected chi connectivity index (χ3v) is 3.75. The zero-order valence-corrected chi connectivity index (χ0v) is 12.8. The van der Waals surface area contributed by atoms with Gasteiger partial charge >= 0.3 is 0 Å². The lowest BCUT2D eigenvalue weighted by atomic mass is 10.2. The van der Waals surface area contributed by atoms with Crippen molar-refractivity contribution in [3.8, 4) is 0 Å². The summed E-state index contributed by atoms with van der Waals surface area (Å²) in [6.45, 7) is 1.46. The highest BCUT2D eigenvalue weighted by molar-refractivity contribution is 9.10. The van der Waals surface area contributed by atoms with Crippen molar-refractivity contribution in [2.75, 3.05) is 0 Å². The van der Waals surface area contributed by atoms with Gasteiger partial charge < -0.3 is 4.74 Å². The van der Waals surface area contributed by atoms with Crippen LogP contribution in [0.15, 0.2) is 58.4 Å². The van der Waals surface area contributed by atoms with Crippen molar-refractivity contribution in [2.24, 2.45) is 5.10 Å². The Labute approximate surface area is 130 Å². The van der Waals surface area contributed by atoms with Crippen LogP contribution in [0.4, 0.5) is 0 Å². The first-order chi connectivity index (χ1) is 10.2. The number of ether oxygens (including phenoxy) is 1. The van der Waals surface area contributed by atoms with Gasteiger partial charge in [0.1, 0.15) is 0 Å². The Morgan fingerprint density at radius 2 is 1.95 bits per heavy atom. The van der Waals surface area contributed by atoms with Crippen LogP contribution in [0.25, 0.3) is 0 Å². The average Bonchev–Trinajstić information content (AvgIpc) is 2.94. The molecule has 0 saturated carbocycles. The van der Waals surface area contributed by atoms with Gasteiger partial charge in [-0.15, -0.1) is 5.10 Å². The molecular weight excluding hydrogens is 334 g/mol. The van der Waals surface area contributed by atoms with Crippen molar-refractivity contribution in [1.82, 2.24) is 9.99 Å². The number of amides is 1. The smallest absolute Gasteiger partial charge is 0.243 e. The highest BCUT2D eigenvalue weighted by Gasteiger charge is 2.33. The quantitative estimate of drug-likeness (QED) is 0.840. The molecule has 2 heterocycles. The summed E-state index contributed by atoms with van der Waals surface area (Å²) in [6.07, 6.45) is 2.76. The number of carbonyl (C=O) groups excluding carboxylic acids is 1. The van der Waals surface area contributed by atoms with E-state index in [1.807, 2.05) is 24.3 Å². The zero-order chi connectivity index (χ0) is 14.8. The molecule has 0 radical (unpaired) electrons. The Morgan fingerprint density at radius 3 is 2.62 bits per heavy atom. The van der Waals surface area contributed by atoms with E-state index in [9.17, 15) is 4.79 Å². The minimum absolute atomic E-state index is 0.182. The molecule has 2 aromatic rings. The fourth-order valence-corrected chi connectivity index (χ4v) is 2.51. The summed E-state index contributed by atoms with van der Waals surface area (Å²) < 4.78 is 6.75. The Balaban J connectivity index is 1.98. The Bertz CT molecular complexity index is 703. The van der Waals surface area contributed by atoms with Gasteiger partial charge in [0, 0.05) is 29.4 Å². The predicted molar refractivity (Wildman–Crippen MR) is 81.3 cm³/mol. The molecular formula is C15H12BrN3O2. The van der Waals surface area contributed by atoms with Crippen molar-refractivity contribution in [1.29, 1.82) is 0 Å². The number of nitrogens with zero attached hydrogens (tertiary/aromatic N) is 3. The number of hydrazone groups is 1. The molecule has 0 bridgehead atoms. The summed E-state index contributed by atoms with van der Waals surface area (Å²) in [5.41, 5.74) is 1.63. The molecule has 0 N–H and O–H groups in total. The maximum atomic E-state index is 11.8. The number of carbonyl (C=O) groups is 1. The van der Waals surface area contributed by atoms with Crippen LogP contribution in [0.5, 0.6) is 0 Å². The highest BCUT2D eigenvalue weighted by atomic mass is 79.9. The molecule has 1 aromatic carbocycles. The van der Waals surface area contributed by atoms with E-state index < -0.39 is 6.23 Å². The van der Waals surface area contributed by atoms with E-state index in [0.717, 1.165) is 15.6 Å². The number of hydrogen-bond acceptors (Lipinski definition) is 4. The molecule has 0 spiro atoms. The molecule has 1 aromatic heterocycles. The van der Waals surface area contributed by atoms with E-state index in [1.54, 1.807) is 24.5 Å². The van der Waals surface area contributed by atoms with E-state index in [0.29, 0.717) is 5.90 Å². The molecule has 5 nitrogen and oxygen atoms in total. The van der Waals surface area contributed by atoms with Gasteiger partial charge in [0.25, 0.3) is 0 Å². The summed E-state index contributed by atoms with van der Waals surface area (Å²) in [4.78, 5) is 15.8. The van der Waals surface area contributed by atoms with Crippen LogP contribution >= 0.6 is 15.9 Å². The summed E-state index contributed by atoms with van der Waals surface area (Å²) in [5, 5.41) is 5.64. The molecule has 0 aliphatic carbocycles. The van der Waals surface area contributed by atoms with Crippen LogP contribution < -0.4 is 0 Å². The van der Waals surface area contributed by atoms with Crippen molar-refractivity contribution < 1.29 is 9.53 Å². The van der Waals surface area contributed by atoms with Crippen LogP contribution in [0, 0.1) is 0 Å². The number of rotatable bonds is 2. The Hall–Kier alpha value is -2.21. The number of benzene rings is 1. The molecule has 1 atom stereocenters. The molecule has 106 valence electrons. The third kappa shape index (κ3) is 2.67. The maximum absolute atomic E-state index is 11.8. The monoisotopic (exact) mass is 345 g/mol. The van der Waals surface area contributed by atoms with Crippen molar-refractivity contribution in [2.45, 2.75) is 13.2 Å². The number of halogens is 1. The predicted octanol–water partition coefficient (Wildman–Crippen LogP) is 3.08. The van der Waals surface area contributed by atoms with Crippen LogP contribution in [-0.2, 0) is 9.53 Å². The first-order valence-corrected chi connectivity index (χ1v) is 7.16. The van der Waals surface area contributed by atoms with Gasteiger partial charge in [0.2, 0.25) is 18.0 Å². The largest absolute Gasteiger partial charge is 0.446 e. The summed E-state index contributed by atoms with van der Waals surface area (Å²) >= 11 is 3.47. The molecule has 0 saturated heterocycles. The van der Waals surface area contributed by atoms with Crippen LogP contribution in [0.1, 0.15) is 24.3 Å². The highest BCUT2D eigenvalue weighted by Crippen LogP contribution is 2.31. The van der Waals surface area contributed by atoms with Crippen LogP contribution in [-0.4, -0.2) is 21.8 Å². The van der Waals surface area contributed by atoms with Gasteiger partial charge in [0.05, 0.1) is 5.56 Å². The van der Waals surface area contributed by atoms with Crippen LogP contribution in [0.3, 0.4) is 0 Å². The second-order valence-electron chi connectivity index (χ2n) is 4.50. The lowest BCUT2D eigenvalue weighted by molar-refractivity contribution is -0.135. The van der Waals surface area contributed by atoms with E-state index in [-0.39, 0.29) is 5.91 Å². The van der Waals surface area contributed by atoms with Gasteiger partial charge in [-0.05, 0) is 40.2 Å². The second-order valence-corrected chi connectivity index (χ2v) is 5.35. The molecule has 1 amide bonds. The molecule has 0 unspecified atom stereocenters. The lowest BCUT2D eigenvalue weighted by Crippen LogP contribution is -2.25. The number of pyridine rings is 1. The van der Waals surface area contributed by atoms with Gasteiger partial charge in [-0.25, -0.2) is 0 Å². The van der Waals surface area contributed by atoms with Gasteiger partial charge in [0.15, 0.2) is 0 Å². The molecule has 1 aliphatic rings. The molecule has 21 heavy (non-hydrogen) atoms. The Morgan fingerprint density at radius 1 is 1.24 bits per heavy atom. The molecule has 0 fully saturated rings. The topological polar surface area (TPSA) is 54.8 Å². The SMILES string of the molecule is CC(=O)N1N=C(c2ccccc2Br)O[C@@H]1c1ccncc1. The van der Waals surface area contributed by atoms with Crippen molar-refractivity contribution >= 4 is 27.7 Å². The van der Waals surface area contributed by atoms with Crippen LogP contribution in [0.2, 0.25) is 0 Å². The number of hydrogen-bond donors (Lipinski definition) is 0. The normalized spacial score (nSPS) is 17.3. The van der Waals surface area contributed by atoms with E-state index in [1.165, 1.54) is 11.9 Å². The second kappa shape index (κ2) is 5.65. The fraction of sp³-hybridized carbons (Fsp3) is 0.133. The molecule has 1 aliphatic heterocycles. The minimum atomic E-state index is -0.562. The summed E-state index contributed by atoms with van der Waals surface area (Å²) in [6, 6.07) is 11.2. The Kier molecular flexibility index (Phi) is 3.70. The first kappa shape index (κ1) is 13.8. The van der Waals surface area contributed by atoms with E-state index in [4.69, 9.17) is 4.74 Å². The third-order valence-electron chi connectivity index (χ3n) is 3.06. The first-order valence-electron chi connectivity index (χ1n) is 6.36. The fourth-order valence-electron chi connectivity index (χ4n) is 2.05. The lowest BCUT2D eigenvalue weighted by Gasteiger charge is -2.18. The van der Waals surface area contributed by atoms with Gasteiger partial charge in [-0.2, -0.15) is 5.01 Å². The standard InChI is InChI=1S/C15H12BrN3O2/c1-10(20)19-15(11-6-8-17-9-7-11)21-14(18-19)12-4-2-3-5-13(12)16/h2-9,15H,1H3/t15-/m1/s1. The zero-order valence-electron chi connectivity index (χ0n) is 11.2. The van der Waals surface area contributed by atoms with Gasteiger partial charge in [-0.1, -0.05) is 12.1 Å². The number of aromatic nitrogens is 1. The average molecular weight is 346 g/mol. The van der Waals surface area contributed by atoms with Crippen molar-refractivity contribution in [3.05, 3.63) is 64.4 Å². The van der Waals surface area contributed by atoms with E-state index >= 15 is 0 Å². The summed E-state index contributed by atoms with van der Waals surface area (Å²) in [5.74, 6) is 0.235. The maximum Gasteiger partial charge on any atom is 0.243 e. The van der Waals surface area contributed by atoms with Gasteiger partial charge in [-0.3, -0.25) is 9.78 Å². The molecule has 3 rings (SSSR count). The van der Waals surface area contributed by atoms with E-state index in [2.05, 4.69) is 26.0 Å². The van der Waals surface area contributed by atoms with Crippen molar-refractivity contribution in [3.63, 3.8) is 0 Å². The minimum Gasteiger partial charge on any atom is -0.446 e. The summed E-state index contributed by atoms with van der Waals surface area (Å²) in [7, 11) is 0. The molecule has 6 heteroatoms.